The lowest BCUT2D eigenvalue weighted by Gasteiger charge is -2.15. The zero-order valence-electron chi connectivity index (χ0n) is 9.82. The van der Waals surface area contributed by atoms with Crippen LogP contribution in [0, 0.1) is 0 Å². The van der Waals surface area contributed by atoms with Gasteiger partial charge >= 0.3 is 6.09 Å². The number of hydrazine groups is 1. The molecule has 0 aromatic heterocycles. The molecule has 0 bridgehead atoms. The van der Waals surface area contributed by atoms with E-state index in [1.165, 1.54) is 5.01 Å². The number of carbonyl (C=O) groups excluding carboxylic acids is 1. The largest absolute Gasteiger partial charge is 0.443 e. The SMILES string of the molecule is O=C(NN1C=CC=CC=C1)OCc1ccccc1. The lowest BCUT2D eigenvalue weighted by Crippen LogP contribution is -2.35. The molecule has 0 atom stereocenters. The molecule has 1 aliphatic heterocycles. The Kier molecular flexibility index (Phi) is 4.19. The molecule has 0 aliphatic carbocycles. The number of amides is 1. The fourth-order valence-electron chi connectivity index (χ4n) is 1.40. The molecule has 1 N–H and O–H groups in total. The van der Waals surface area contributed by atoms with Crippen LogP contribution in [0.1, 0.15) is 5.56 Å². The maximum Gasteiger partial charge on any atom is 0.426 e. The molecule has 1 heterocycles. The number of hydrogen-bond acceptors (Lipinski definition) is 3. The highest BCUT2D eigenvalue weighted by Crippen LogP contribution is 2.01. The highest BCUT2D eigenvalue weighted by molar-refractivity contribution is 5.66. The van der Waals surface area contributed by atoms with E-state index in [1.807, 2.05) is 54.6 Å². The molecule has 1 aromatic carbocycles. The van der Waals surface area contributed by atoms with Crippen molar-refractivity contribution in [2.75, 3.05) is 0 Å². The van der Waals surface area contributed by atoms with Crippen molar-refractivity contribution in [3.05, 3.63) is 72.6 Å². The highest BCUT2D eigenvalue weighted by Gasteiger charge is 2.04. The Hall–Kier alpha value is -2.49. The maximum absolute atomic E-state index is 11.5. The molecule has 0 saturated heterocycles. The van der Waals surface area contributed by atoms with Gasteiger partial charge in [0, 0.05) is 12.4 Å². The van der Waals surface area contributed by atoms with Crippen LogP contribution in [0.3, 0.4) is 0 Å². The van der Waals surface area contributed by atoms with E-state index < -0.39 is 6.09 Å². The first kappa shape index (κ1) is 12.0. The van der Waals surface area contributed by atoms with E-state index >= 15 is 0 Å². The summed E-state index contributed by atoms with van der Waals surface area (Å²) in [5.41, 5.74) is 3.54. The van der Waals surface area contributed by atoms with E-state index in [0.29, 0.717) is 0 Å². The van der Waals surface area contributed by atoms with E-state index in [9.17, 15) is 4.79 Å². The van der Waals surface area contributed by atoms with Crippen molar-refractivity contribution in [2.45, 2.75) is 6.61 Å². The molecule has 0 saturated carbocycles. The van der Waals surface area contributed by atoms with Crippen molar-refractivity contribution in [1.82, 2.24) is 10.4 Å². The summed E-state index contributed by atoms with van der Waals surface area (Å²) in [5.74, 6) is 0. The Morgan fingerprint density at radius 1 is 1.06 bits per heavy atom. The third kappa shape index (κ3) is 3.83. The van der Waals surface area contributed by atoms with Gasteiger partial charge in [-0.3, -0.25) is 5.01 Å². The van der Waals surface area contributed by atoms with E-state index in [2.05, 4.69) is 5.43 Å². The van der Waals surface area contributed by atoms with Gasteiger partial charge in [-0.2, -0.15) is 0 Å². The van der Waals surface area contributed by atoms with Crippen molar-refractivity contribution < 1.29 is 9.53 Å². The maximum atomic E-state index is 11.5. The van der Waals surface area contributed by atoms with Gasteiger partial charge in [0.25, 0.3) is 0 Å². The smallest absolute Gasteiger partial charge is 0.426 e. The minimum absolute atomic E-state index is 0.256. The molecule has 2 rings (SSSR count). The first-order valence-corrected chi connectivity index (χ1v) is 5.62. The van der Waals surface area contributed by atoms with Crippen LogP contribution in [0.15, 0.2) is 67.0 Å². The zero-order chi connectivity index (χ0) is 12.6. The molecule has 0 radical (unpaired) electrons. The Labute approximate surface area is 106 Å². The first-order valence-electron chi connectivity index (χ1n) is 5.62. The molecular weight excluding hydrogens is 228 g/mol. The second-order valence-electron chi connectivity index (χ2n) is 3.65. The van der Waals surface area contributed by atoms with Crippen molar-refractivity contribution in [3.63, 3.8) is 0 Å². The van der Waals surface area contributed by atoms with Crippen LogP contribution >= 0.6 is 0 Å². The predicted molar refractivity (Wildman–Crippen MR) is 69.0 cm³/mol. The number of rotatable bonds is 3. The molecular formula is C14H14N2O2. The minimum atomic E-state index is -0.491. The van der Waals surface area contributed by atoms with E-state index in [-0.39, 0.29) is 6.61 Å². The molecule has 0 unspecified atom stereocenters. The van der Waals surface area contributed by atoms with Gasteiger partial charge in [0.15, 0.2) is 0 Å². The van der Waals surface area contributed by atoms with Crippen LogP contribution in [0.2, 0.25) is 0 Å². The molecule has 0 fully saturated rings. The van der Waals surface area contributed by atoms with Crippen molar-refractivity contribution >= 4 is 6.09 Å². The second-order valence-corrected chi connectivity index (χ2v) is 3.65. The number of hydrogen-bond donors (Lipinski definition) is 1. The monoisotopic (exact) mass is 242 g/mol. The van der Waals surface area contributed by atoms with Crippen LogP contribution < -0.4 is 5.43 Å². The second kappa shape index (κ2) is 6.30. The quantitative estimate of drug-likeness (QED) is 0.886. The van der Waals surface area contributed by atoms with E-state index in [4.69, 9.17) is 4.74 Å². The van der Waals surface area contributed by atoms with Gasteiger partial charge in [-0.05, 0) is 17.7 Å². The van der Waals surface area contributed by atoms with Gasteiger partial charge in [0.1, 0.15) is 6.61 Å². The number of nitrogens with one attached hydrogen (secondary N) is 1. The van der Waals surface area contributed by atoms with Crippen LogP contribution in [0.25, 0.3) is 0 Å². The van der Waals surface area contributed by atoms with Crippen molar-refractivity contribution in [2.24, 2.45) is 0 Å². The summed E-state index contributed by atoms with van der Waals surface area (Å²) >= 11 is 0. The molecule has 18 heavy (non-hydrogen) atoms. The van der Waals surface area contributed by atoms with Crippen molar-refractivity contribution in [3.8, 4) is 0 Å². The fourth-order valence-corrected chi connectivity index (χ4v) is 1.40. The van der Waals surface area contributed by atoms with Gasteiger partial charge in [0.05, 0.1) is 0 Å². The lowest BCUT2D eigenvalue weighted by atomic mass is 10.2. The van der Waals surface area contributed by atoms with Gasteiger partial charge in [0.2, 0.25) is 0 Å². The fraction of sp³-hybridized carbons (Fsp3) is 0.0714. The third-order valence-electron chi connectivity index (χ3n) is 2.26. The van der Waals surface area contributed by atoms with Crippen LogP contribution in [-0.4, -0.2) is 11.1 Å². The number of benzene rings is 1. The third-order valence-corrected chi connectivity index (χ3v) is 2.26. The van der Waals surface area contributed by atoms with Gasteiger partial charge in [-0.25, -0.2) is 10.2 Å². The van der Waals surface area contributed by atoms with Crippen LogP contribution in [0.4, 0.5) is 4.79 Å². The Bertz CT molecular complexity index is 462. The normalized spacial score (nSPS) is 13.2. The number of carbonyl (C=O) groups is 1. The van der Waals surface area contributed by atoms with Crippen LogP contribution in [-0.2, 0) is 11.3 Å². The summed E-state index contributed by atoms with van der Waals surface area (Å²) in [7, 11) is 0. The van der Waals surface area contributed by atoms with Crippen LogP contribution in [0.5, 0.6) is 0 Å². The summed E-state index contributed by atoms with van der Waals surface area (Å²) in [6.07, 6.45) is 10.3. The number of allylic oxidation sites excluding steroid dienone is 4. The lowest BCUT2D eigenvalue weighted by molar-refractivity contribution is 0.123. The van der Waals surface area contributed by atoms with Gasteiger partial charge < -0.3 is 4.74 Å². The average molecular weight is 242 g/mol. The van der Waals surface area contributed by atoms with E-state index in [1.54, 1.807) is 12.4 Å². The number of ether oxygens (including phenoxy) is 1. The summed E-state index contributed by atoms with van der Waals surface area (Å²) < 4.78 is 5.09. The van der Waals surface area contributed by atoms with Gasteiger partial charge in [-0.1, -0.05) is 42.5 Å². The van der Waals surface area contributed by atoms with Crippen molar-refractivity contribution in [1.29, 1.82) is 0 Å². The van der Waals surface area contributed by atoms with Gasteiger partial charge in [-0.15, -0.1) is 0 Å². The Morgan fingerprint density at radius 2 is 1.72 bits per heavy atom. The highest BCUT2D eigenvalue weighted by atomic mass is 16.6. The first-order chi connectivity index (χ1) is 8.84. The molecule has 1 aromatic rings. The molecule has 0 spiro atoms. The zero-order valence-corrected chi connectivity index (χ0v) is 9.82. The van der Waals surface area contributed by atoms with E-state index in [0.717, 1.165) is 5.56 Å². The standard InChI is InChI=1S/C14H14N2O2/c17-14(15-16-10-6-1-2-7-11-16)18-12-13-8-4-3-5-9-13/h1-11H,12H2,(H,15,17). The summed E-state index contributed by atoms with van der Waals surface area (Å²) in [4.78, 5) is 11.5. The topological polar surface area (TPSA) is 41.6 Å². The Morgan fingerprint density at radius 3 is 2.39 bits per heavy atom. The minimum Gasteiger partial charge on any atom is -0.443 e. The molecule has 4 nitrogen and oxygen atoms in total. The number of nitrogens with zero attached hydrogens (tertiary/aromatic N) is 1. The molecule has 92 valence electrons. The molecule has 1 amide bonds. The predicted octanol–water partition coefficient (Wildman–Crippen LogP) is 2.73. The summed E-state index contributed by atoms with van der Waals surface area (Å²) in [6, 6.07) is 9.54. The Balaban J connectivity index is 1.79. The summed E-state index contributed by atoms with van der Waals surface area (Å²) in [6.45, 7) is 0.256. The summed E-state index contributed by atoms with van der Waals surface area (Å²) in [5, 5.41) is 1.54. The average Bonchev–Trinajstić information content (AvgIpc) is 2.66. The molecule has 4 heteroatoms. The molecule has 1 aliphatic rings.